The zero-order valence-corrected chi connectivity index (χ0v) is 16.5. The van der Waals surface area contributed by atoms with Crippen molar-refractivity contribution in [3.8, 4) is 0 Å². The first-order valence-corrected chi connectivity index (χ1v) is 10.0. The molecular weight excluding hydrogens is 368 g/mol. The van der Waals surface area contributed by atoms with Crippen molar-refractivity contribution >= 4 is 12.1 Å². The van der Waals surface area contributed by atoms with Gasteiger partial charge in [-0.1, -0.05) is 60.7 Å². The molecule has 0 radical (unpaired) electrons. The Labute approximate surface area is 170 Å². The second kappa shape index (κ2) is 8.25. The summed E-state index contributed by atoms with van der Waals surface area (Å²) in [6.07, 6.45) is -0.428. The smallest absolute Gasteiger partial charge is 0.407 e. The Kier molecular flexibility index (Phi) is 5.53. The number of carboxylic acid groups (broad SMARTS) is 1. The summed E-state index contributed by atoms with van der Waals surface area (Å²) in [5, 5.41) is 9.73. The molecule has 2 aromatic carbocycles. The standard InChI is InChI=1S/C23H26N2O4/c1-16(26)29-20-12-19-13-24(23(27)28)15-21(25(19)14-20)22(17-8-4-2-5-9-17)18-10-6-3-7-11-18/h2-11,19-22H,12-15H2,1H3,(H,27,28)/t19-,20-,21-/m0/s1. The number of hydrogen-bond acceptors (Lipinski definition) is 4. The molecule has 4 rings (SSSR count). The van der Waals surface area contributed by atoms with Gasteiger partial charge in [-0.15, -0.1) is 0 Å². The van der Waals surface area contributed by atoms with Gasteiger partial charge in [-0.2, -0.15) is 0 Å². The number of piperazine rings is 1. The van der Waals surface area contributed by atoms with Crippen molar-refractivity contribution in [1.29, 1.82) is 0 Å². The van der Waals surface area contributed by atoms with E-state index >= 15 is 0 Å². The lowest BCUT2D eigenvalue weighted by atomic mass is 9.82. The highest BCUT2D eigenvalue weighted by Gasteiger charge is 2.46. The van der Waals surface area contributed by atoms with Crippen LogP contribution in [0, 0.1) is 0 Å². The summed E-state index contributed by atoms with van der Waals surface area (Å²) >= 11 is 0. The maximum absolute atomic E-state index is 11.9. The molecule has 0 aromatic heterocycles. The first kappa shape index (κ1) is 19.5. The van der Waals surface area contributed by atoms with Gasteiger partial charge >= 0.3 is 12.1 Å². The van der Waals surface area contributed by atoms with Crippen LogP contribution in [0.5, 0.6) is 0 Å². The Morgan fingerprint density at radius 2 is 1.55 bits per heavy atom. The number of hydrogen-bond donors (Lipinski definition) is 1. The largest absolute Gasteiger partial charge is 0.465 e. The lowest BCUT2D eigenvalue weighted by Crippen LogP contribution is -2.59. The Bertz CT molecular complexity index is 818. The molecule has 1 N–H and O–H groups in total. The van der Waals surface area contributed by atoms with Crippen molar-refractivity contribution in [3.63, 3.8) is 0 Å². The minimum Gasteiger partial charge on any atom is -0.465 e. The van der Waals surface area contributed by atoms with E-state index in [1.165, 1.54) is 11.8 Å². The van der Waals surface area contributed by atoms with E-state index in [2.05, 4.69) is 29.2 Å². The lowest BCUT2D eigenvalue weighted by molar-refractivity contribution is -0.145. The fraction of sp³-hybridized carbons (Fsp3) is 0.391. The summed E-state index contributed by atoms with van der Waals surface area (Å²) < 4.78 is 5.49. The first-order valence-electron chi connectivity index (χ1n) is 10.0. The van der Waals surface area contributed by atoms with E-state index in [9.17, 15) is 14.7 Å². The van der Waals surface area contributed by atoms with E-state index in [0.717, 1.165) is 11.1 Å². The number of amides is 1. The number of rotatable bonds is 4. The van der Waals surface area contributed by atoms with Gasteiger partial charge < -0.3 is 14.7 Å². The van der Waals surface area contributed by atoms with Crippen molar-refractivity contribution in [2.45, 2.75) is 37.5 Å². The SMILES string of the molecule is CC(=O)O[C@H]1C[C@H]2CN(C(=O)O)C[C@@H](C(c3ccccc3)c3ccccc3)N2C1. The van der Waals surface area contributed by atoms with Gasteiger partial charge in [-0.25, -0.2) is 4.79 Å². The second-order valence-electron chi connectivity index (χ2n) is 7.87. The fourth-order valence-corrected chi connectivity index (χ4v) is 4.87. The topological polar surface area (TPSA) is 70.1 Å². The molecule has 2 saturated heterocycles. The van der Waals surface area contributed by atoms with Crippen LogP contribution in [-0.2, 0) is 9.53 Å². The molecule has 6 nitrogen and oxygen atoms in total. The molecule has 2 aliphatic rings. The summed E-state index contributed by atoms with van der Waals surface area (Å²) in [7, 11) is 0. The molecule has 6 heteroatoms. The molecule has 2 heterocycles. The minimum absolute atomic E-state index is 0.0260. The van der Waals surface area contributed by atoms with Crippen molar-refractivity contribution < 1.29 is 19.4 Å². The Morgan fingerprint density at radius 1 is 0.966 bits per heavy atom. The van der Waals surface area contributed by atoms with Crippen molar-refractivity contribution in [3.05, 3.63) is 71.8 Å². The van der Waals surface area contributed by atoms with Gasteiger partial charge in [0.05, 0.1) is 0 Å². The Morgan fingerprint density at radius 3 is 2.07 bits per heavy atom. The summed E-state index contributed by atoms with van der Waals surface area (Å²) in [4.78, 5) is 27.2. The average Bonchev–Trinajstić information content (AvgIpc) is 3.11. The van der Waals surface area contributed by atoms with E-state index < -0.39 is 6.09 Å². The van der Waals surface area contributed by atoms with E-state index in [4.69, 9.17) is 4.74 Å². The van der Waals surface area contributed by atoms with E-state index in [1.807, 2.05) is 36.4 Å². The highest BCUT2D eigenvalue weighted by atomic mass is 16.5. The van der Waals surface area contributed by atoms with E-state index in [1.54, 1.807) is 0 Å². The highest BCUT2D eigenvalue weighted by Crippen LogP contribution is 2.38. The number of nitrogens with zero attached hydrogens (tertiary/aromatic N) is 2. The predicted molar refractivity (Wildman–Crippen MR) is 109 cm³/mol. The predicted octanol–water partition coefficient (Wildman–Crippen LogP) is 3.19. The molecule has 0 saturated carbocycles. The maximum Gasteiger partial charge on any atom is 0.407 e. The molecule has 29 heavy (non-hydrogen) atoms. The summed E-state index contributed by atoms with van der Waals surface area (Å²) in [5.74, 6) is -0.262. The second-order valence-corrected chi connectivity index (χ2v) is 7.87. The number of benzene rings is 2. The number of carbonyl (C=O) groups is 2. The van der Waals surface area contributed by atoms with Crippen LogP contribution in [0.3, 0.4) is 0 Å². The van der Waals surface area contributed by atoms with Crippen LogP contribution < -0.4 is 0 Å². The molecule has 0 aliphatic carbocycles. The van der Waals surface area contributed by atoms with Crippen molar-refractivity contribution in [1.82, 2.24) is 9.80 Å². The number of fused-ring (bicyclic) bond motifs is 1. The van der Waals surface area contributed by atoms with Crippen LogP contribution >= 0.6 is 0 Å². The number of esters is 1. The first-order chi connectivity index (χ1) is 14.0. The van der Waals surface area contributed by atoms with Crippen LogP contribution in [0.2, 0.25) is 0 Å². The third kappa shape index (κ3) is 4.12. The lowest BCUT2D eigenvalue weighted by Gasteiger charge is -2.46. The molecule has 1 amide bonds. The van der Waals surface area contributed by atoms with Crippen LogP contribution in [0.1, 0.15) is 30.4 Å². The molecule has 0 spiro atoms. The van der Waals surface area contributed by atoms with Gasteiger partial charge in [0.1, 0.15) is 6.10 Å². The zero-order valence-electron chi connectivity index (χ0n) is 16.5. The average molecular weight is 394 g/mol. The van der Waals surface area contributed by atoms with Crippen LogP contribution in [0.4, 0.5) is 4.79 Å². The Balaban J connectivity index is 1.72. The molecule has 2 aliphatic heterocycles. The molecule has 0 unspecified atom stereocenters. The van der Waals surface area contributed by atoms with E-state index in [0.29, 0.717) is 26.1 Å². The number of ether oxygens (including phenoxy) is 1. The maximum atomic E-state index is 11.9. The van der Waals surface area contributed by atoms with Gasteiger partial charge in [-0.3, -0.25) is 9.69 Å². The molecular formula is C23H26N2O4. The van der Waals surface area contributed by atoms with Gasteiger partial charge in [0.25, 0.3) is 0 Å². The zero-order chi connectivity index (χ0) is 20.4. The van der Waals surface area contributed by atoms with Gasteiger partial charge in [0.2, 0.25) is 0 Å². The minimum atomic E-state index is -0.898. The van der Waals surface area contributed by atoms with Gasteiger partial charge in [-0.05, 0) is 11.1 Å². The van der Waals surface area contributed by atoms with Crippen molar-refractivity contribution in [2.24, 2.45) is 0 Å². The molecule has 2 aromatic rings. The van der Waals surface area contributed by atoms with Crippen molar-refractivity contribution in [2.75, 3.05) is 19.6 Å². The molecule has 0 bridgehead atoms. The normalized spacial score (nSPS) is 24.3. The molecule has 152 valence electrons. The van der Waals surface area contributed by atoms with Crippen LogP contribution in [-0.4, -0.2) is 64.8 Å². The van der Waals surface area contributed by atoms with E-state index in [-0.39, 0.29) is 30.1 Å². The monoisotopic (exact) mass is 394 g/mol. The molecule has 3 atom stereocenters. The van der Waals surface area contributed by atoms with Crippen LogP contribution in [0.15, 0.2) is 60.7 Å². The number of carbonyl (C=O) groups excluding carboxylic acids is 1. The summed E-state index contributed by atoms with van der Waals surface area (Å²) in [6.45, 7) is 2.93. The van der Waals surface area contributed by atoms with Gasteiger partial charge in [0.15, 0.2) is 0 Å². The van der Waals surface area contributed by atoms with Crippen LogP contribution in [0.25, 0.3) is 0 Å². The quantitative estimate of drug-likeness (QED) is 0.807. The fourth-order valence-electron chi connectivity index (χ4n) is 4.87. The highest BCUT2D eigenvalue weighted by molar-refractivity contribution is 5.66. The third-order valence-corrected chi connectivity index (χ3v) is 5.99. The Hall–Kier alpha value is -2.86. The third-order valence-electron chi connectivity index (χ3n) is 5.99. The molecule has 2 fully saturated rings. The summed E-state index contributed by atoms with van der Waals surface area (Å²) in [5.41, 5.74) is 2.32. The summed E-state index contributed by atoms with van der Waals surface area (Å²) in [6, 6.07) is 20.5. The van der Waals surface area contributed by atoms with Gasteiger partial charge in [0, 0.05) is 51.0 Å².